The summed E-state index contributed by atoms with van der Waals surface area (Å²) in [6, 6.07) is 7.05. The fraction of sp³-hybridized carbons (Fsp3) is 0.438. The number of rotatable bonds is 7. The lowest BCUT2D eigenvalue weighted by molar-refractivity contribution is -0.125. The van der Waals surface area contributed by atoms with E-state index in [1.165, 1.54) is 11.8 Å². The maximum atomic E-state index is 12.5. The van der Waals surface area contributed by atoms with Crippen molar-refractivity contribution in [2.75, 3.05) is 12.3 Å². The van der Waals surface area contributed by atoms with Gasteiger partial charge in [0.15, 0.2) is 0 Å². The normalized spacial score (nSPS) is 14.5. The van der Waals surface area contributed by atoms with Gasteiger partial charge in [-0.15, -0.1) is 5.10 Å². The van der Waals surface area contributed by atoms with Gasteiger partial charge in [-0.05, 0) is 28.5 Å². The second kappa shape index (κ2) is 7.64. The SMILES string of the molecule is CC[C@@H](C(=O)NCCSc1nnnn1C)N1Cc2ccccc2C1=O. The van der Waals surface area contributed by atoms with Crippen LogP contribution in [0, 0.1) is 0 Å². The molecule has 3 rings (SSSR count). The van der Waals surface area contributed by atoms with Crippen molar-refractivity contribution in [2.24, 2.45) is 7.05 Å². The summed E-state index contributed by atoms with van der Waals surface area (Å²) in [7, 11) is 1.77. The van der Waals surface area contributed by atoms with Crippen molar-refractivity contribution in [3.05, 3.63) is 35.4 Å². The van der Waals surface area contributed by atoms with Gasteiger partial charge in [0.1, 0.15) is 6.04 Å². The lowest BCUT2D eigenvalue weighted by atomic mass is 10.1. The Hall–Kier alpha value is -2.42. The van der Waals surface area contributed by atoms with Crippen LogP contribution in [-0.2, 0) is 18.4 Å². The molecule has 2 amide bonds. The molecule has 0 saturated carbocycles. The summed E-state index contributed by atoms with van der Waals surface area (Å²) in [5.41, 5.74) is 1.67. The smallest absolute Gasteiger partial charge is 0.255 e. The Morgan fingerprint density at radius 1 is 1.40 bits per heavy atom. The van der Waals surface area contributed by atoms with E-state index in [4.69, 9.17) is 0 Å². The summed E-state index contributed by atoms with van der Waals surface area (Å²) < 4.78 is 1.58. The van der Waals surface area contributed by atoms with Crippen LogP contribution < -0.4 is 5.32 Å². The molecule has 1 atom stereocenters. The number of tetrazole rings is 1. The maximum absolute atomic E-state index is 12.5. The topological polar surface area (TPSA) is 93.0 Å². The van der Waals surface area contributed by atoms with Gasteiger partial charge in [-0.25, -0.2) is 4.68 Å². The van der Waals surface area contributed by atoms with E-state index in [0.29, 0.717) is 36.0 Å². The number of hydrogen-bond acceptors (Lipinski definition) is 6. The number of aromatic nitrogens is 4. The molecule has 9 heteroatoms. The van der Waals surface area contributed by atoms with Gasteiger partial charge in [-0.1, -0.05) is 36.9 Å². The Bertz CT molecular complexity index is 777. The van der Waals surface area contributed by atoms with Crippen LogP contribution in [0.25, 0.3) is 0 Å². The third kappa shape index (κ3) is 3.65. The first-order valence-corrected chi connectivity index (χ1v) is 9.12. The van der Waals surface area contributed by atoms with Gasteiger partial charge in [-0.3, -0.25) is 9.59 Å². The molecule has 1 aromatic heterocycles. The maximum Gasteiger partial charge on any atom is 0.255 e. The van der Waals surface area contributed by atoms with Crippen LogP contribution in [-0.4, -0.2) is 55.3 Å². The second-order valence-electron chi connectivity index (χ2n) is 5.74. The molecule has 0 bridgehead atoms. The molecular weight excluding hydrogens is 340 g/mol. The number of hydrogen-bond donors (Lipinski definition) is 1. The first kappa shape index (κ1) is 17.4. The zero-order chi connectivity index (χ0) is 17.8. The van der Waals surface area contributed by atoms with Crippen molar-refractivity contribution in [3.8, 4) is 0 Å². The number of aryl methyl sites for hydroxylation is 1. The molecular formula is C16H20N6O2S. The zero-order valence-electron chi connectivity index (χ0n) is 14.2. The number of nitrogens with zero attached hydrogens (tertiary/aromatic N) is 5. The van der Waals surface area contributed by atoms with Gasteiger partial charge in [0, 0.05) is 31.5 Å². The molecule has 8 nitrogen and oxygen atoms in total. The second-order valence-corrected chi connectivity index (χ2v) is 6.80. The first-order chi connectivity index (χ1) is 12.1. The highest BCUT2D eigenvalue weighted by Crippen LogP contribution is 2.25. The standard InChI is InChI=1S/C16H20N6O2S/c1-3-13(22-10-11-6-4-5-7-12(11)15(22)24)14(23)17-8-9-25-16-18-19-20-21(16)2/h4-7,13H,3,8-10H2,1-2H3,(H,17,23)/t13-/m0/s1. The van der Waals surface area contributed by atoms with E-state index in [9.17, 15) is 9.59 Å². The Balaban J connectivity index is 1.54. The summed E-state index contributed by atoms with van der Waals surface area (Å²) in [4.78, 5) is 26.7. The molecule has 0 spiro atoms. The molecule has 132 valence electrons. The number of nitrogens with one attached hydrogen (secondary N) is 1. The molecule has 1 aliphatic heterocycles. The van der Waals surface area contributed by atoms with E-state index in [-0.39, 0.29) is 11.8 Å². The summed E-state index contributed by atoms with van der Waals surface area (Å²) in [5.74, 6) is 0.461. The zero-order valence-corrected chi connectivity index (χ0v) is 15.0. The summed E-state index contributed by atoms with van der Waals surface area (Å²) in [5, 5.41) is 14.8. The van der Waals surface area contributed by atoms with E-state index < -0.39 is 6.04 Å². The van der Waals surface area contributed by atoms with Crippen LogP contribution in [0.4, 0.5) is 0 Å². The Morgan fingerprint density at radius 3 is 2.88 bits per heavy atom. The highest BCUT2D eigenvalue weighted by Gasteiger charge is 2.34. The molecule has 1 N–H and O–H groups in total. The largest absolute Gasteiger partial charge is 0.353 e. The van der Waals surface area contributed by atoms with E-state index in [0.717, 1.165) is 5.56 Å². The van der Waals surface area contributed by atoms with Gasteiger partial charge in [0.2, 0.25) is 11.1 Å². The molecule has 0 fully saturated rings. The van der Waals surface area contributed by atoms with E-state index in [2.05, 4.69) is 20.8 Å². The minimum atomic E-state index is -0.457. The summed E-state index contributed by atoms with van der Waals surface area (Å²) in [6.45, 7) is 2.89. The van der Waals surface area contributed by atoms with E-state index in [1.54, 1.807) is 16.6 Å². The first-order valence-electron chi connectivity index (χ1n) is 8.13. The molecule has 2 aromatic rings. The molecule has 2 heterocycles. The number of fused-ring (bicyclic) bond motifs is 1. The average molecular weight is 360 g/mol. The predicted molar refractivity (Wildman–Crippen MR) is 92.9 cm³/mol. The third-order valence-electron chi connectivity index (χ3n) is 4.13. The van der Waals surface area contributed by atoms with Crippen LogP contribution in [0.1, 0.15) is 29.3 Å². The number of thioether (sulfide) groups is 1. The van der Waals surface area contributed by atoms with Gasteiger partial charge in [0.25, 0.3) is 5.91 Å². The third-order valence-corrected chi connectivity index (χ3v) is 5.14. The molecule has 1 aliphatic rings. The lowest BCUT2D eigenvalue weighted by Crippen LogP contribution is -2.47. The lowest BCUT2D eigenvalue weighted by Gasteiger charge is -2.25. The number of benzene rings is 1. The van der Waals surface area contributed by atoms with Crippen LogP contribution in [0.3, 0.4) is 0 Å². The molecule has 1 aromatic carbocycles. The minimum Gasteiger partial charge on any atom is -0.353 e. The summed E-state index contributed by atoms with van der Waals surface area (Å²) in [6.07, 6.45) is 0.575. The molecule has 0 aliphatic carbocycles. The number of amides is 2. The number of carbonyl (C=O) groups excluding carboxylic acids is 2. The summed E-state index contributed by atoms with van der Waals surface area (Å²) >= 11 is 1.47. The fourth-order valence-electron chi connectivity index (χ4n) is 2.85. The average Bonchev–Trinajstić information content (AvgIpc) is 3.17. The fourth-order valence-corrected chi connectivity index (χ4v) is 3.56. The monoisotopic (exact) mass is 360 g/mol. The van der Waals surface area contributed by atoms with Gasteiger partial charge < -0.3 is 10.2 Å². The molecule has 0 saturated heterocycles. The van der Waals surface area contributed by atoms with E-state index in [1.807, 2.05) is 31.2 Å². The van der Waals surface area contributed by atoms with Crippen molar-refractivity contribution < 1.29 is 9.59 Å². The minimum absolute atomic E-state index is 0.0721. The van der Waals surface area contributed by atoms with Crippen LogP contribution >= 0.6 is 11.8 Å². The van der Waals surface area contributed by atoms with Crippen LogP contribution in [0.2, 0.25) is 0 Å². The van der Waals surface area contributed by atoms with E-state index >= 15 is 0 Å². The Kier molecular flexibility index (Phi) is 5.32. The Morgan fingerprint density at radius 2 is 2.20 bits per heavy atom. The van der Waals surface area contributed by atoms with Crippen molar-refractivity contribution >= 4 is 23.6 Å². The van der Waals surface area contributed by atoms with Gasteiger partial charge in [0.05, 0.1) is 0 Å². The quantitative estimate of drug-likeness (QED) is 0.581. The predicted octanol–water partition coefficient (Wildman–Crippen LogP) is 0.853. The van der Waals surface area contributed by atoms with Gasteiger partial charge in [-0.2, -0.15) is 0 Å². The van der Waals surface area contributed by atoms with Crippen molar-refractivity contribution in [1.82, 2.24) is 30.4 Å². The highest BCUT2D eigenvalue weighted by atomic mass is 32.2. The van der Waals surface area contributed by atoms with Crippen molar-refractivity contribution in [1.29, 1.82) is 0 Å². The molecule has 0 unspecified atom stereocenters. The van der Waals surface area contributed by atoms with Crippen LogP contribution in [0.5, 0.6) is 0 Å². The molecule has 25 heavy (non-hydrogen) atoms. The van der Waals surface area contributed by atoms with Crippen molar-refractivity contribution in [2.45, 2.75) is 31.1 Å². The van der Waals surface area contributed by atoms with Crippen molar-refractivity contribution in [3.63, 3.8) is 0 Å². The van der Waals surface area contributed by atoms with Gasteiger partial charge >= 0.3 is 0 Å². The number of carbonyl (C=O) groups is 2. The van der Waals surface area contributed by atoms with Crippen LogP contribution in [0.15, 0.2) is 29.4 Å². The molecule has 0 radical (unpaired) electrons. The highest BCUT2D eigenvalue weighted by molar-refractivity contribution is 7.99. The Labute approximate surface area is 150 Å².